The highest BCUT2D eigenvalue weighted by atomic mass is 16.7. The van der Waals surface area contributed by atoms with Crippen molar-refractivity contribution in [2.24, 2.45) is 0 Å². The van der Waals surface area contributed by atoms with Crippen LogP contribution >= 0.6 is 0 Å². The van der Waals surface area contributed by atoms with Gasteiger partial charge in [0.1, 0.15) is 0 Å². The Hall–Kier alpha value is -4.86. The maximum atomic E-state index is 5.55. The smallest absolute Gasteiger partial charge is 0.231 e. The van der Waals surface area contributed by atoms with Crippen molar-refractivity contribution in [1.29, 1.82) is 0 Å². The van der Waals surface area contributed by atoms with E-state index in [2.05, 4.69) is 46.0 Å². The Morgan fingerprint density at radius 1 is 0.667 bits per heavy atom. The van der Waals surface area contributed by atoms with Gasteiger partial charge in [0, 0.05) is 38.3 Å². The predicted octanol–water partition coefficient (Wildman–Crippen LogP) is 5.88. The molecular weight excluding hydrogens is 536 g/mol. The van der Waals surface area contributed by atoms with E-state index in [9.17, 15) is 0 Å². The monoisotopic (exact) mass is 572 g/mol. The Morgan fingerprint density at radius 2 is 1.12 bits per heavy atom. The molecule has 2 aliphatic heterocycles. The summed E-state index contributed by atoms with van der Waals surface area (Å²) in [5.74, 6) is 3.89. The third-order valence-electron chi connectivity index (χ3n) is 7.27. The lowest BCUT2D eigenvalue weighted by atomic mass is 10.1. The molecule has 10 nitrogen and oxygen atoms in total. The second kappa shape index (κ2) is 12.3. The fraction of sp³-hybridized carbons (Fsp3) is 0.312. The van der Waals surface area contributed by atoms with E-state index in [4.69, 9.17) is 28.4 Å². The highest BCUT2D eigenvalue weighted by Crippen LogP contribution is 2.45. The molecule has 0 aliphatic carbocycles. The van der Waals surface area contributed by atoms with Gasteiger partial charge in [-0.15, -0.1) is 0 Å². The normalized spacial score (nSPS) is 12.5. The van der Waals surface area contributed by atoms with E-state index in [0.717, 1.165) is 53.4 Å². The Bertz CT molecular complexity index is 1410. The quantitative estimate of drug-likeness (QED) is 0.229. The molecule has 2 aromatic heterocycles. The number of methoxy groups -OCH3 is 2. The van der Waals surface area contributed by atoms with Gasteiger partial charge in [-0.1, -0.05) is 7.43 Å². The molecule has 0 unspecified atom stereocenters. The Morgan fingerprint density at radius 3 is 1.50 bits per heavy atom. The fourth-order valence-electron chi connectivity index (χ4n) is 4.92. The number of aromatic nitrogens is 2. The number of nitrogens with zero attached hydrogens (tertiary/aromatic N) is 4. The lowest BCUT2D eigenvalue weighted by Crippen LogP contribution is -2.25. The average Bonchev–Trinajstić information content (AvgIpc) is 3.70. The summed E-state index contributed by atoms with van der Waals surface area (Å²) in [7, 11) is 7.40. The molecule has 0 fully saturated rings. The summed E-state index contributed by atoms with van der Waals surface area (Å²) in [6.45, 7) is 2.15. The van der Waals surface area contributed by atoms with Crippen LogP contribution in [0.2, 0.25) is 0 Å². The van der Waals surface area contributed by atoms with E-state index in [-0.39, 0.29) is 21.0 Å². The van der Waals surface area contributed by atoms with Crippen LogP contribution in [0.1, 0.15) is 13.8 Å². The van der Waals surface area contributed by atoms with E-state index in [1.54, 1.807) is 14.2 Å². The Labute approximate surface area is 246 Å². The molecule has 2 aromatic carbocycles. The van der Waals surface area contributed by atoms with Crippen LogP contribution in [0.15, 0.2) is 60.9 Å². The zero-order chi connectivity index (χ0) is 28.3. The van der Waals surface area contributed by atoms with Gasteiger partial charge in [-0.25, -0.2) is 0 Å². The number of ether oxygens (including phenoxy) is 6. The van der Waals surface area contributed by atoms with Gasteiger partial charge < -0.3 is 38.2 Å². The van der Waals surface area contributed by atoms with Gasteiger partial charge in [0.25, 0.3) is 0 Å². The summed E-state index contributed by atoms with van der Waals surface area (Å²) in [6.07, 6.45) is 4.75. The molecule has 2 aliphatic rings. The maximum Gasteiger partial charge on any atom is 0.231 e. The number of pyridine rings is 2. The van der Waals surface area contributed by atoms with Gasteiger partial charge in [-0.05, 0) is 55.0 Å². The van der Waals surface area contributed by atoms with E-state index >= 15 is 0 Å². The van der Waals surface area contributed by atoms with Crippen LogP contribution in [0, 0.1) is 0 Å². The molecule has 0 bridgehead atoms. The summed E-state index contributed by atoms with van der Waals surface area (Å²) in [4.78, 5) is 13.8. The minimum atomic E-state index is 0. The van der Waals surface area contributed by atoms with Crippen LogP contribution in [-0.4, -0.2) is 65.0 Å². The first-order chi connectivity index (χ1) is 20.0. The van der Waals surface area contributed by atoms with Crippen molar-refractivity contribution >= 4 is 11.4 Å². The molecule has 0 saturated carbocycles. The van der Waals surface area contributed by atoms with Crippen molar-refractivity contribution in [2.75, 3.05) is 64.8 Å². The van der Waals surface area contributed by atoms with Gasteiger partial charge in [0.2, 0.25) is 25.1 Å². The van der Waals surface area contributed by atoms with Crippen LogP contribution < -0.4 is 38.2 Å². The molecular formula is C32H36N4O6. The standard InChI is InChI=1S/C31H32N4O6.CH4/c1-34(22-6-8-24(32-16-22)20-12-26(36-3)30-28(14-20)38-18-40-30)10-5-11-35(2)23-7-9-25(33-17-23)21-13-27(37-4)31-29(15-21)39-19-41-31;/h6-9,12-17H,5,10-11,18-19H2,1-4H3;1H4. The van der Waals surface area contributed by atoms with Gasteiger partial charge in [-0.2, -0.15) is 0 Å². The van der Waals surface area contributed by atoms with Crippen LogP contribution in [0.4, 0.5) is 11.4 Å². The predicted molar refractivity (Wildman–Crippen MR) is 163 cm³/mol. The number of rotatable bonds is 10. The zero-order valence-electron chi connectivity index (χ0n) is 23.5. The van der Waals surface area contributed by atoms with E-state index < -0.39 is 0 Å². The highest BCUT2D eigenvalue weighted by Gasteiger charge is 2.22. The summed E-state index contributed by atoms with van der Waals surface area (Å²) < 4.78 is 33.0. The molecule has 0 spiro atoms. The van der Waals surface area contributed by atoms with Crippen molar-refractivity contribution in [1.82, 2.24) is 9.97 Å². The minimum Gasteiger partial charge on any atom is -0.493 e. The molecule has 6 rings (SSSR count). The molecule has 10 heteroatoms. The average molecular weight is 573 g/mol. The lowest BCUT2D eigenvalue weighted by Gasteiger charge is -2.23. The van der Waals surface area contributed by atoms with Gasteiger partial charge >= 0.3 is 0 Å². The van der Waals surface area contributed by atoms with Gasteiger partial charge in [0.15, 0.2) is 23.0 Å². The molecule has 0 atom stereocenters. The summed E-state index contributed by atoms with van der Waals surface area (Å²) in [5.41, 5.74) is 5.62. The van der Waals surface area contributed by atoms with Gasteiger partial charge in [-0.3, -0.25) is 9.97 Å². The number of fused-ring (bicyclic) bond motifs is 2. The largest absolute Gasteiger partial charge is 0.493 e. The molecule has 42 heavy (non-hydrogen) atoms. The lowest BCUT2D eigenvalue weighted by molar-refractivity contribution is 0.171. The minimum absolute atomic E-state index is 0. The summed E-state index contributed by atoms with van der Waals surface area (Å²) in [5, 5.41) is 0. The van der Waals surface area contributed by atoms with Crippen molar-refractivity contribution in [2.45, 2.75) is 13.8 Å². The first kappa shape index (κ1) is 28.7. The van der Waals surface area contributed by atoms with Crippen LogP contribution in [-0.2, 0) is 0 Å². The van der Waals surface area contributed by atoms with Crippen LogP contribution in [0.25, 0.3) is 22.5 Å². The van der Waals surface area contributed by atoms with Gasteiger partial charge in [0.05, 0.1) is 49.4 Å². The van der Waals surface area contributed by atoms with Crippen molar-refractivity contribution in [3.8, 4) is 57.0 Å². The molecule has 4 aromatic rings. The second-order valence-electron chi connectivity index (χ2n) is 9.82. The zero-order valence-corrected chi connectivity index (χ0v) is 23.5. The maximum absolute atomic E-state index is 5.55. The SMILES string of the molecule is C.COc1cc(-c2ccc(N(C)CCCN(C)c3ccc(-c4cc(OC)c5c(c4)OCO5)nc3)cn2)cc2c1OCO2. The number of anilines is 2. The molecule has 4 heterocycles. The topological polar surface area (TPSA) is 87.6 Å². The third-order valence-corrected chi connectivity index (χ3v) is 7.27. The Kier molecular flexibility index (Phi) is 8.42. The van der Waals surface area contributed by atoms with Crippen molar-refractivity contribution in [3.63, 3.8) is 0 Å². The molecule has 0 saturated heterocycles. The van der Waals surface area contributed by atoms with Crippen LogP contribution in [0.5, 0.6) is 34.5 Å². The number of hydrogen-bond donors (Lipinski definition) is 0. The molecule has 0 amide bonds. The first-order valence-electron chi connectivity index (χ1n) is 13.3. The fourth-order valence-corrected chi connectivity index (χ4v) is 4.92. The van der Waals surface area contributed by atoms with Crippen LogP contribution in [0.3, 0.4) is 0 Å². The first-order valence-corrected chi connectivity index (χ1v) is 13.3. The van der Waals surface area contributed by atoms with E-state index in [1.807, 2.05) is 48.8 Å². The van der Waals surface area contributed by atoms with Crippen molar-refractivity contribution in [3.05, 3.63) is 60.9 Å². The second-order valence-corrected chi connectivity index (χ2v) is 9.82. The molecule has 220 valence electrons. The van der Waals surface area contributed by atoms with E-state index in [1.165, 1.54) is 0 Å². The number of benzene rings is 2. The number of hydrogen-bond acceptors (Lipinski definition) is 10. The Balaban J connectivity index is 0.00000353. The summed E-state index contributed by atoms with van der Waals surface area (Å²) >= 11 is 0. The summed E-state index contributed by atoms with van der Waals surface area (Å²) in [6, 6.07) is 15.9. The molecule has 0 radical (unpaired) electrons. The van der Waals surface area contributed by atoms with E-state index in [0.29, 0.717) is 34.5 Å². The highest BCUT2D eigenvalue weighted by molar-refractivity contribution is 5.71. The third kappa shape index (κ3) is 5.65. The van der Waals surface area contributed by atoms with Crippen molar-refractivity contribution < 1.29 is 28.4 Å². The molecule has 0 N–H and O–H groups in total.